The molecule has 0 spiro atoms. The van der Waals surface area contributed by atoms with Crippen LogP contribution in [0.2, 0.25) is 0 Å². The van der Waals surface area contributed by atoms with Crippen molar-refractivity contribution in [3.63, 3.8) is 0 Å². The monoisotopic (exact) mass is 170 g/mol. The smallest absolute Gasteiger partial charge is 0.318 e. The lowest BCUT2D eigenvalue weighted by atomic mass is 10.3. The minimum atomic E-state index is -0.526. The minimum Gasteiger partial charge on any atom is -0.318 e. The topological polar surface area (TPSA) is 64.1 Å². The predicted octanol–water partition coefficient (Wildman–Crippen LogP) is -0.286. The van der Waals surface area contributed by atoms with E-state index >= 15 is 0 Å². The highest BCUT2D eigenvalue weighted by Gasteiger charge is 2.05. The maximum Gasteiger partial charge on any atom is 0.332 e. The van der Waals surface area contributed by atoms with Gasteiger partial charge in [-0.2, -0.15) is 0 Å². The summed E-state index contributed by atoms with van der Waals surface area (Å²) in [6.45, 7) is 3.08. The van der Waals surface area contributed by atoms with E-state index < -0.39 is 5.97 Å². The largest absolute Gasteiger partial charge is 0.332 e. The van der Waals surface area contributed by atoms with Crippen LogP contribution < -0.4 is 10.4 Å². The summed E-state index contributed by atoms with van der Waals surface area (Å²) >= 11 is 0. The van der Waals surface area contributed by atoms with Gasteiger partial charge in [0.2, 0.25) is 0 Å². The average Bonchev–Trinajstić information content (AvgIpc) is 2.32. The average molecular weight is 170 g/mol. The Hall–Kier alpha value is -1.52. The fourth-order valence-electron chi connectivity index (χ4n) is 0.837. The Morgan fingerprint density at radius 3 is 2.83 bits per heavy atom. The molecule has 1 N–H and O–H groups in total. The van der Waals surface area contributed by atoms with Crippen molar-refractivity contribution >= 4 is 5.97 Å². The molecule has 0 fully saturated rings. The van der Waals surface area contributed by atoms with E-state index in [0.717, 1.165) is 4.85 Å². The number of aromatic nitrogens is 2. The molecule has 5 nitrogen and oxygen atoms in total. The Morgan fingerprint density at radius 2 is 2.42 bits per heavy atom. The number of carbonyl (C=O) groups is 1. The van der Waals surface area contributed by atoms with Gasteiger partial charge in [-0.05, 0) is 6.42 Å². The predicted molar refractivity (Wildman–Crippen MR) is 41.7 cm³/mol. The summed E-state index contributed by atoms with van der Waals surface area (Å²) in [5.41, 5.74) is 0.281. The van der Waals surface area contributed by atoms with Gasteiger partial charge in [0.15, 0.2) is 0 Å². The number of nitrogens with zero attached hydrogens (tertiary/aromatic N) is 1. The molecule has 1 aromatic rings. The van der Waals surface area contributed by atoms with Crippen molar-refractivity contribution in [3.05, 3.63) is 22.1 Å². The van der Waals surface area contributed by atoms with Crippen LogP contribution in [0.25, 0.3) is 0 Å². The number of nitrogens with one attached hydrogen (secondary N) is 1. The van der Waals surface area contributed by atoms with Crippen molar-refractivity contribution in [2.75, 3.05) is 0 Å². The summed E-state index contributed by atoms with van der Waals surface area (Å²) in [4.78, 5) is 27.0. The summed E-state index contributed by atoms with van der Waals surface area (Å²) in [5, 5.41) is 2.52. The van der Waals surface area contributed by atoms with E-state index in [4.69, 9.17) is 0 Å². The Bertz CT molecular complexity index is 337. The van der Waals surface area contributed by atoms with E-state index in [1.54, 1.807) is 0 Å². The highest BCUT2D eigenvalue weighted by atomic mass is 16.7. The molecule has 0 saturated heterocycles. The number of rotatable bonds is 2. The molecule has 0 radical (unpaired) electrons. The lowest BCUT2D eigenvalue weighted by Crippen LogP contribution is -2.28. The molecule has 0 unspecified atom stereocenters. The van der Waals surface area contributed by atoms with E-state index in [-0.39, 0.29) is 5.56 Å². The number of hydrogen-bond acceptors (Lipinski definition) is 3. The number of carbonyl (C=O) groups excluding carboxylic acids is 1. The van der Waals surface area contributed by atoms with Gasteiger partial charge in [-0.15, -0.1) is 0 Å². The number of hydrogen-bond donors (Lipinski definition) is 1. The molecule has 0 aliphatic heterocycles. The highest BCUT2D eigenvalue weighted by molar-refractivity contribution is 5.66. The number of aryl methyl sites for hydroxylation is 1. The van der Waals surface area contributed by atoms with Crippen molar-refractivity contribution < 1.29 is 9.63 Å². The lowest BCUT2D eigenvalue weighted by molar-refractivity contribution is -0.143. The van der Waals surface area contributed by atoms with Crippen LogP contribution in [0.1, 0.15) is 19.4 Å². The molecule has 66 valence electrons. The van der Waals surface area contributed by atoms with Gasteiger partial charge in [-0.1, -0.05) is 11.8 Å². The van der Waals surface area contributed by atoms with Crippen LogP contribution in [-0.4, -0.2) is 15.9 Å². The van der Waals surface area contributed by atoms with Crippen molar-refractivity contribution in [1.29, 1.82) is 0 Å². The summed E-state index contributed by atoms with van der Waals surface area (Å²) in [7, 11) is 0. The normalized spacial score (nSPS) is 9.83. The molecule has 1 rings (SSSR count). The third kappa shape index (κ3) is 1.55. The van der Waals surface area contributed by atoms with Gasteiger partial charge in [0.1, 0.15) is 0 Å². The Balaban J connectivity index is 2.95. The third-order valence-electron chi connectivity index (χ3n) is 1.42. The van der Waals surface area contributed by atoms with Crippen molar-refractivity contribution in [2.24, 2.45) is 0 Å². The summed E-state index contributed by atoms with van der Waals surface area (Å²) in [6.07, 6.45) is 2.13. The first kappa shape index (κ1) is 8.58. The molecular formula is C7H10N2O3. The number of aromatic amines is 1. The first-order valence-electron chi connectivity index (χ1n) is 3.63. The van der Waals surface area contributed by atoms with Crippen LogP contribution in [0.5, 0.6) is 0 Å². The zero-order valence-electron chi connectivity index (χ0n) is 6.96. The molecule has 0 amide bonds. The number of H-pyrrole nitrogens is 1. The maximum absolute atomic E-state index is 11.2. The molecule has 0 aromatic carbocycles. The van der Waals surface area contributed by atoms with Crippen molar-refractivity contribution in [2.45, 2.75) is 20.3 Å². The minimum absolute atomic E-state index is 0.312. The first-order valence-corrected chi connectivity index (χ1v) is 3.63. The van der Waals surface area contributed by atoms with Crippen LogP contribution in [0.15, 0.2) is 11.0 Å². The molecule has 0 saturated carbocycles. The SMILES string of the molecule is CCc1c[nH]n(OC(C)=O)c1=O. The summed E-state index contributed by atoms with van der Waals surface area (Å²) in [6, 6.07) is 0. The summed E-state index contributed by atoms with van der Waals surface area (Å²) in [5.74, 6) is -0.526. The van der Waals surface area contributed by atoms with Crippen LogP contribution in [-0.2, 0) is 11.2 Å². The van der Waals surface area contributed by atoms with E-state index in [0.29, 0.717) is 12.0 Å². The Labute approximate surface area is 68.9 Å². The molecule has 12 heavy (non-hydrogen) atoms. The third-order valence-corrected chi connectivity index (χ3v) is 1.42. The molecule has 1 heterocycles. The fourth-order valence-corrected chi connectivity index (χ4v) is 0.837. The van der Waals surface area contributed by atoms with E-state index in [2.05, 4.69) is 9.94 Å². The molecule has 0 aliphatic rings. The van der Waals surface area contributed by atoms with Crippen LogP contribution in [0.4, 0.5) is 0 Å². The van der Waals surface area contributed by atoms with Gasteiger partial charge in [0.25, 0.3) is 0 Å². The van der Waals surface area contributed by atoms with Crippen LogP contribution >= 0.6 is 0 Å². The molecular weight excluding hydrogens is 160 g/mol. The van der Waals surface area contributed by atoms with Gasteiger partial charge >= 0.3 is 11.5 Å². The molecule has 1 aromatic heterocycles. The second kappa shape index (κ2) is 3.25. The van der Waals surface area contributed by atoms with Gasteiger partial charge in [-0.3, -0.25) is 9.89 Å². The maximum atomic E-state index is 11.2. The highest BCUT2D eigenvalue weighted by Crippen LogP contribution is 1.87. The molecule has 0 bridgehead atoms. The zero-order chi connectivity index (χ0) is 9.14. The van der Waals surface area contributed by atoms with Crippen molar-refractivity contribution in [3.8, 4) is 0 Å². The molecule has 5 heteroatoms. The Kier molecular flexibility index (Phi) is 2.32. The zero-order valence-corrected chi connectivity index (χ0v) is 6.96. The van der Waals surface area contributed by atoms with Gasteiger partial charge in [-0.25, -0.2) is 4.79 Å². The lowest BCUT2D eigenvalue weighted by Gasteiger charge is -1.96. The van der Waals surface area contributed by atoms with Crippen LogP contribution in [0.3, 0.4) is 0 Å². The van der Waals surface area contributed by atoms with E-state index in [1.165, 1.54) is 13.1 Å². The van der Waals surface area contributed by atoms with Crippen LogP contribution in [0, 0.1) is 0 Å². The van der Waals surface area contributed by atoms with Crippen molar-refractivity contribution in [1.82, 2.24) is 9.94 Å². The summed E-state index contributed by atoms with van der Waals surface area (Å²) < 4.78 is 0. The Morgan fingerprint density at radius 1 is 1.75 bits per heavy atom. The first-order chi connectivity index (χ1) is 5.65. The van der Waals surface area contributed by atoms with Gasteiger partial charge < -0.3 is 4.84 Å². The standard InChI is InChI=1S/C7H10N2O3/c1-3-6-4-8-9(7(6)11)12-5(2)10/h4,8H,3H2,1-2H3. The second-order valence-corrected chi connectivity index (χ2v) is 2.33. The molecule has 0 aliphatic carbocycles. The molecule has 0 atom stereocenters. The van der Waals surface area contributed by atoms with Gasteiger partial charge in [0, 0.05) is 18.7 Å². The van der Waals surface area contributed by atoms with E-state index in [9.17, 15) is 9.59 Å². The second-order valence-electron chi connectivity index (χ2n) is 2.33. The fraction of sp³-hybridized carbons (Fsp3) is 0.429. The quantitative estimate of drug-likeness (QED) is 0.663. The van der Waals surface area contributed by atoms with Gasteiger partial charge in [0.05, 0.1) is 0 Å². The van der Waals surface area contributed by atoms with E-state index in [1.807, 2.05) is 6.92 Å².